The van der Waals surface area contributed by atoms with E-state index < -0.39 is 52.6 Å². The predicted octanol–water partition coefficient (Wildman–Crippen LogP) is 8.16. The van der Waals surface area contributed by atoms with Gasteiger partial charge in [0.05, 0.1) is 33.8 Å². The quantitative estimate of drug-likeness (QED) is 0.220. The van der Waals surface area contributed by atoms with Crippen LogP contribution < -0.4 is 5.32 Å². The van der Waals surface area contributed by atoms with E-state index in [1.165, 1.54) is 43.8 Å². The molecule has 3 heterocycles. The minimum absolute atomic E-state index is 0.000966. The molecule has 0 aromatic carbocycles. The van der Waals surface area contributed by atoms with Crippen LogP contribution in [0.1, 0.15) is 62.8 Å². The number of amides is 2. The molecule has 11 nitrogen and oxygen atoms in total. The minimum Gasteiger partial charge on any atom is -0.472 e. The van der Waals surface area contributed by atoms with Gasteiger partial charge in [-0.15, -0.1) is 0 Å². The van der Waals surface area contributed by atoms with E-state index in [4.69, 9.17) is 14.8 Å². The van der Waals surface area contributed by atoms with E-state index in [9.17, 15) is 46.3 Å². The van der Waals surface area contributed by atoms with Crippen LogP contribution in [0.3, 0.4) is 0 Å². The van der Waals surface area contributed by atoms with Crippen LogP contribution in [-0.2, 0) is 18.8 Å². The Hall–Kier alpha value is -4.84. The number of nitrogens with one attached hydrogen (secondary N) is 1. The number of furan rings is 1. The zero-order valence-corrected chi connectivity index (χ0v) is 26.2. The standard InChI is InChI=1S/C20H22F3N3O3.C8H3BrF3N3O2/c1-18(2,3)26(17(27)28)19(4,5)9-15-14(20(21,22)23)8-13(16(10-24)25-15)12-6-7-29-11-12;9-4-1-3(8(10,11)12)6(15-7(16)17)14-5(4)2-13/h6-8,11H,9H2,1-5H3,(H,27,28);1H,(H,14,15)(H,16,17). The fourth-order valence-corrected chi connectivity index (χ4v) is 4.98. The van der Waals surface area contributed by atoms with Crippen LogP contribution in [0.5, 0.6) is 0 Å². The molecule has 46 heavy (non-hydrogen) atoms. The molecule has 0 aliphatic heterocycles. The summed E-state index contributed by atoms with van der Waals surface area (Å²) in [5.74, 6) is -0.926. The van der Waals surface area contributed by atoms with Gasteiger partial charge < -0.3 is 14.6 Å². The SMILES string of the molecule is CC(C)(C)N(C(=O)O)C(C)(C)Cc1nc(C#N)c(-c2ccoc2)cc1C(F)(F)F.N#Cc1nc(NC(=O)O)c(C(F)(F)F)cc1Br. The molecule has 0 aliphatic carbocycles. The van der Waals surface area contributed by atoms with Crippen molar-refractivity contribution in [3.63, 3.8) is 0 Å². The molecule has 0 bridgehead atoms. The van der Waals surface area contributed by atoms with Crippen molar-refractivity contribution < 1.29 is 50.6 Å². The molecule has 3 N–H and O–H groups in total. The number of nitrogens with zero attached hydrogens (tertiary/aromatic N) is 5. The summed E-state index contributed by atoms with van der Waals surface area (Å²) >= 11 is 2.74. The maximum atomic E-state index is 13.8. The fraction of sp³-hybridized carbons (Fsp3) is 0.357. The zero-order chi connectivity index (χ0) is 35.4. The number of aromatic nitrogens is 2. The Labute approximate surface area is 266 Å². The summed E-state index contributed by atoms with van der Waals surface area (Å²) < 4.78 is 83.8. The van der Waals surface area contributed by atoms with Gasteiger partial charge in [0, 0.05) is 28.6 Å². The summed E-state index contributed by atoms with van der Waals surface area (Å²) in [7, 11) is 0. The summed E-state index contributed by atoms with van der Waals surface area (Å²) in [4.78, 5) is 30.5. The van der Waals surface area contributed by atoms with Gasteiger partial charge in [-0.05, 0) is 68.7 Å². The van der Waals surface area contributed by atoms with Gasteiger partial charge in [-0.1, -0.05) is 0 Å². The van der Waals surface area contributed by atoms with Crippen LogP contribution >= 0.6 is 15.9 Å². The Bertz CT molecular complexity index is 1690. The summed E-state index contributed by atoms with van der Waals surface area (Å²) in [6, 6.07) is 6.25. The normalized spacial score (nSPS) is 11.9. The van der Waals surface area contributed by atoms with Crippen molar-refractivity contribution in [3.05, 3.63) is 63.4 Å². The highest BCUT2D eigenvalue weighted by molar-refractivity contribution is 9.10. The average Bonchev–Trinajstić information content (AvgIpc) is 3.41. The van der Waals surface area contributed by atoms with Gasteiger partial charge in [0.2, 0.25) is 0 Å². The molecule has 0 saturated carbocycles. The third-order valence-corrected chi connectivity index (χ3v) is 6.63. The molecule has 0 fully saturated rings. The summed E-state index contributed by atoms with van der Waals surface area (Å²) in [6.07, 6.45) is -10.3. The Morgan fingerprint density at radius 3 is 1.93 bits per heavy atom. The molecule has 18 heteroatoms. The van der Waals surface area contributed by atoms with Crippen molar-refractivity contribution in [1.82, 2.24) is 14.9 Å². The largest absolute Gasteiger partial charge is 0.472 e. The van der Waals surface area contributed by atoms with E-state index in [0.29, 0.717) is 11.6 Å². The molecule has 0 aliphatic rings. The van der Waals surface area contributed by atoms with E-state index in [0.717, 1.165) is 11.0 Å². The summed E-state index contributed by atoms with van der Waals surface area (Å²) in [5, 5.41) is 37.5. The number of pyridine rings is 2. The molecule has 0 saturated heterocycles. The van der Waals surface area contributed by atoms with Crippen LogP contribution in [-0.4, -0.2) is 48.3 Å². The molecule has 0 atom stereocenters. The van der Waals surface area contributed by atoms with Gasteiger partial charge in [-0.25, -0.2) is 19.6 Å². The molecule has 3 rings (SSSR count). The number of hydrogen-bond donors (Lipinski definition) is 3. The molecule has 3 aromatic heterocycles. The number of halogens is 7. The Morgan fingerprint density at radius 2 is 1.52 bits per heavy atom. The first-order valence-electron chi connectivity index (χ1n) is 12.7. The molecule has 0 unspecified atom stereocenters. The van der Waals surface area contributed by atoms with Crippen LogP contribution in [0.4, 0.5) is 41.7 Å². The topological polar surface area (TPSA) is 176 Å². The first kappa shape index (κ1) is 37.3. The third kappa shape index (κ3) is 9.10. The third-order valence-electron chi connectivity index (χ3n) is 6.03. The first-order valence-corrected chi connectivity index (χ1v) is 13.5. The molecule has 2 amide bonds. The van der Waals surface area contributed by atoms with Crippen LogP contribution in [0.15, 0.2) is 39.6 Å². The highest BCUT2D eigenvalue weighted by atomic mass is 79.9. The molecule has 0 spiro atoms. The highest BCUT2D eigenvalue weighted by Crippen LogP contribution is 2.39. The van der Waals surface area contributed by atoms with E-state index in [1.807, 2.05) is 6.07 Å². The first-order chi connectivity index (χ1) is 20.9. The van der Waals surface area contributed by atoms with Gasteiger partial charge in [0.1, 0.15) is 23.7 Å². The van der Waals surface area contributed by atoms with E-state index in [1.54, 1.807) is 20.8 Å². The second kappa shape index (κ2) is 13.7. The second-order valence-electron chi connectivity index (χ2n) is 11.0. The summed E-state index contributed by atoms with van der Waals surface area (Å²) in [6.45, 7) is 8.03. The van der Waals surface area contributed by atoms with Crippen LogP contribution in [0, 0.1) is 22.7 Å². The van der Waals surface area contributed by atoms with Crippen molar-refractivity contribution in [2.75, 3.05) is 5.32 Å². The van der Waals surface area contributed by atoms with Gasteiger partial charge in [-0.3, -0.25) is 10.2 Å². The lowest BCUT2D eigenvalue weighted by molar-refractivity contribution is -0.139. The van der Waals surface area contributed by atoms with Gasteiger partial charge in [-0.2, -0.15) is 36.9 Å². The Balaban J connectivity index is 0.000000368. The molecule has 3 aromatic rings. The maximum Gasteiger partial charge on any atom is 0.420 e. The Kier molecular flexibility index (Phi) is 11.1. The number of anilines is 1. The fourth-order valence-electron chi connectivity index (χ4n) is 4.58. The number of nitriles is 2. The summed E-state index contributed by atoms with van der Waals surface area (Å²) in [5.41, 5.74) is -4.99. The van der Waals surface area contributed by atoms with E-state index in [-0.39, 0.29) is 33.5 Å². The van der Waals surface area contributed by atoms with Crippen molar-refractivity contribution in [3.8, 4) is 23.3 Å². The van der Waals surface area contributed by atoms with Crippen molar-refractivity contribution in [2.24, 2.45) is 0 Å². The molecular weight excluding hydrogens is 694 g/mol. The molecule has 246 valence electrons. The van der Waals surface area contributed by atoms with Crippen molar-refractivity contribution in [2.45, 2.75) is 64.5 Å². The van der Waals surface area contributed by atoms with Gasteiger partial charge in [0.15, 0.2) is 5.69 Å². The van der Waals surface area contributed by atoms with Crippen molar-refractivity contribution in [1.29, 1.82) is 10.5 Å². The van der Waals surface area contributed by atoms with E-state index >= 15 is 0 Å². The zero-order valence-electron chi connectivity index (χ0n) is 24.6. The predicted molar refractivity (Wildman–Crippen MR) is 152 cm³/mol. The highest BCUT2D eigenvalue weighted by Gasteiger charge is 2.43. The smallest absolute Gasteiger partial charge is 0.420 e. The van der Waals surface area contributed by atoms with Crippen LogP contribution in [0.2, 0.25) is 0 Å². The number of alkyl halides is 6. The number of carboxylic acid groups (broad SMARTS) is 2. The van der Waals surface area contributed by atoms with Crippen LogP contribution in [0.25, 0.3) is 11.1 Å². The minimum atomic E-state index is -4.78. The van der Waals surface area contributed by atoms with Gasteiger partial charge >= 0.3 is 24.5 Å². The second-order valence-corrected chi connectivity index (χ2v) is 11.9. The Morgan fingerprint density at radius 1 is 0.957 bits per heavy atom. The number of carbonyl (C=O) groups is 2. The molecular formula is C28H25BrF6N6O5. The lowest BCUT2D eigenvalue weighted by Crippen LogP contribution is -2.57. The maximum absolute atomic E-state index is 13.8. The lowest BCUT2D eigenvalue weighted by atomic mass is 9.88. The lowest BCUT2D eigenvalue weighted by Gasteiger charge is -2.45. The number of hydrogen-bond acceptors (Lipinski definition) is 7. The molecule has 0 radical (unpaired) electrons. The monoisotopic (exact) mass is 718 g/mol. The average molecular weight is 719 g/mol. The van der Waals surface area contributed by atoms with Gasteiger partial charge in [0.25, 0.3) is 0 Å². The van der Waals surface area contributed by atoms with Crippen molar-refractivity contribution >= 4 is 33.9 Å². The van der Waals surface area contributed by atoms with E-state index in [2.05, 4.69) is 25.9 Å². The number of rotatable bonds is 5.